The van der Waals surface area contributed by atoms with Crippen molar-refractivity contribution in [2.45, 2.75) is 57.4 Å². The molecular weight excluding hydrogens is 216 g/mol. The van der Waals surface area contributed by atoms with E-state index in [1.54, 1.807) is 0 Å². The molecule has 0 aliphatic carbocycles. The van der Waals surface area contributed by atoms with Gasteiger partial charge in [0, 0.05) is 25.7 Å². The number of rotatable bonds is 3. The zero-order chi connectivity index (χ0) is 12.5. The van der Waals surface area contributed by atoms with E-state index in [1.807, 2.05) is 0 Å². The molecule has 0 aromatic heterocycles. The summed E-state index contributed by atoms with van der Waals surface area (Å²) < 4.78 is 11.6. The molecule has 2 heterocycles. The first-order chi connectivity index (χ1) is 8.14. The molecule has 0 saturated carbocycles. The maximum absolute atomic E-state index is 6.09. The van der Waals surface area contributed by atoms with Crippen LogP contribution in [0.4, 0.5) is 0 Å². The molecule has 2 rings (SSSR count). The quantitative estimate of drug-likeness (QED) is 0.802. The molecule has 2 aliphatic rings. The number of nitrogens with zero attached hydrogens (tertiary/aromatic N) is 1. The van der Waals surface area contributed by atoms with Crippen molar-refractivity contribution in [3.05, 3.63) is 0 Å². The van der Waals surface area contributed by atoms with Crippen LogP contribution < -0.4 is 5.73 Å². The van der Waals surface area contributed by atoms with Gasteiger partial charge >= 0.3 is 0 Å². The summed E-state index contributed by atoms with van der Waals surface area (Å²) in [6.07, 6.45) is 2.69. The minimum Gasteiger partial charge on any atom is -0.376 e. The number of hydrogen-bond donors (Lipinski definition) is 1. The molecule has 0 spiro atoms. The Hall–Kier alpha value is -0.160. The molecule has 4 heteroatoms. The molecule has 0 aromatic carbocycles. The summed E-state index contributed by atoms with van der Waals surface area (Å²) in [5.41, 5.74) is 6.12. The number of nitrogens with two attached hydrogens (primary N) is 1. The van der Waals surface area contributed by atoms with E-state index >= 15 is 0 Å². The SMILES string of the molecule is CCC1COC(C)CN1C1(CN)CCOC1C. The Bertz CT molecular complexity index is 262. The highest BCUT2D eigenvalue weighted by atomic mass is 16.5. The van der Waals surface area contributed by atoms with Crippen molar-refractivity contribution in [3.63, 3.8) is 0 Å². The second kappa shape index (κ2) is 5.22. The molecule has 0 radical (unpaired) electrons. The van der Waals surface area contributed by atoms with Gasteiger partial charge in [-0.2, -0.15) is 0 Å². The third-order valence-corrected chi connectivity index (χ3v) is 4.52. The average molecular weight is 242 g/mol. The summed E-state index contributed by atoms with van der Waals surface area (Å²) in [4.78, 5) is 2.57. The van der Waals surface area contributed by atoms with Gasteiger partial charge in [0.05, 0.1) is 24.4 Å². The zero-order valence-electron chi connectivity index (χ0n) is 11.3. The van der Waals surface area contributed by atoms with Crippen LogP contribution >= 0.6 is 0 Å². The second-order valence-corrected chi connectivity index (χ2v) is 5.43. The van der Waals surface area contributed by atoms with E-state index < -0.39 is 0 Å². The smallest absolute Gasteiger partial charge is 0.0743 e. The third kappa shape index (κ3) is 2.24. The van der Waals surface area contributed by atoms with Gasteiger partial charge < -0.3 is 15.2 Å². The molecular formula is C13H26N2O2. The minimum absolute atomic E-state index is 0.0265. The van der Waals surface area contributed by atoms with Crippen LogP contribution in [0, 0.1) is 0 Å². The standard InChI is InChI=1S/C13H26N2O2/c1-4-12-8-17-10(2)7-15(12)13(9-14)5-6-16-11(13)3/h10-12H,4-9,14H2,1-3H3. The van der Waals surface area contributed by atoms with Gasteiger partial charge in [-0.3, -0.25) is 4.90 Å². The van der Waals surface area contributed by atoms with E-state index in [-0.39, 0.29) is 11.6 Å². The first kappa shape index (κ1) is 13.3. The molecule has 2 aliphatic heterocycles. The van der Waals surface area contributed by atoms with Crippen molar-refractivity contribution in [1.29, 1.82) is 0 Å². The highest BCUT2D eigenvalue weighted by Gasteiger charge is 2.48. The zero-order valence-corrected chi connectivity index (χ0v) is 11.3. The Kier molecular flexibility index (Phi) is 4.08. The molecule has 4 atom stereocenters. The van der Waals surface area contributed by atoms with Gasteiger partial charge in [-0.05, 0) is 26.7 Å². The Morgan fingerprint density at radius 3 is 2.65 bits per heavy atom. The van der Waals surface area contributed by atoms with Crippen LogP contribution in [-0.4, -0.2) is 55.0 Å². The van der Waals surface area contributed by atoms with Crippen molar-refractivity contribution in [2.75, 3.05) is 26.3 Å². The fourth-order valence-electron chi connectivity index (χ4n) is 3.26. The minimum atomic E-state index is 0.0265. The normalized spacial score (nSPS) is 44.1. The van der Waals surface area contributed by atoms with Gasteiger partial charge in [-0.25, -0.2) is 0 Å². The number of hydrogen-bond acceptors (Lipinski definition) is 4. The van der Waals surface area contributed by atoms with Gasteiger partial charge in [-0.1, -0.05) is 6.92 Å². The predicted octanol–water partition coefficient (Wildman–Crippen LogP) is 0.992. The Labute approximate surface area is 104 Å². The van der Waals surface area contributed by atoms with Crippen LogP contribution in [0.1, 0.15) is 33.6 Å². The first-order valence-electron chi connectivity index (χ1n) is 6.84. The molecule has 0 amide bonds. The molecule has 0 aromatic rings. The van der Waals surface area contributed by atoms with Crippen LogP contribution in [0.2, 0.25) is 0 Å². The average Bonchev–Trinajstić information content (AvgIpc) is 2.71. The van der Waals surface area contributed by atoms with Crippen molar-refractivity contribution in [3.8, 4) is 0 Å². The monoisotopic (exact) mass is 242 g/mol. The van der Waals surface area contributed by atoms with Crippen LogP contribution in [0.15, 0.2) is 0 Å². The fourth-order valence-corrected chi connectivity index (χ4v) is 3.26. The maximum atomic E-state index is 6.09. The van der Waals surface area contributed by atoms with E-state index in [0.717, 1.165) is 32.6 Å². The summed E-state index contributed by atoms with van der Waals surface area (Å²) in [5, 5.41) is 0. The summed E-state index contributed by atoms with van der Waals surface area (Å²) >= 11 is 0. The third-order valence-electron chi connectivity index (χ3n) is 4.52. The van der Waals surface area contributed by atoms with E-state index in [1.165, 1.54) is 0 Å². The second-order valence-electron chi connectivity index (χ2n) is 5.43. The largest absolute Gasteiger partial charge is 0.376 e. The van der Waals surface area contributed by atoms with Crippen LogP contribution in [-0.2, 0) is 9.47 Å². The maximum Gasteiger partial charge on any atom is 0.0743 e. The highest BCUT2D eigenvalue weighted by molar-refractivity contribution is 5.03. The van der Waals surface area contributed by atoms with E-state index in [4.69, 9.17) is 15.2 Å². The first-order valence-corrected chi connectivity index (χ1v) is 6.84. The fraction of sp³-hybridized carbons (Fsp3) is 1.00. The molecule has 17 heavy (non-hydrogen) atoms. The van der Waals surface area contributed by atoms with Gasteiger partial charge in [0.2, 0.25) is 0 Å². The van der Waals surface area contributed by atoms with Crippen LogP contribution in [0.3, 0.4) is 0 Å². The van der Waals surface area contributed by atoms with Crippen LogP contribution in [0.25, 0.3) is 0 Å². The summed E-state index contributed by atoms with van der Waals surface area (Å²) in [7, 11) is 0. The Balaban J connectivity index is 2.21. The van der Waals surface area contributed by atoms with Crippen molar-refractivity contribution in [2.24, 2.45) is 5.73 Å². The van der Waals surface area contributed by atoms with E-state index in [9.17, 15) is 0 Å². The summed E-state index contributed by atoms with van der Waals surface area (Å²) in [5.74, 6) is 0. The lowest BCUT2D eigenvalue weighted by molar-refractivity contribution is -0.112. The van der Waals surface area contributed by atoms with Gasteiger partial charge in [0.25, 0.3) is 0 Å². The summed E-state index contributed by atoms with van der Waals surface area (Å²) in [6.45, 7) is 9.84. The van der Waals surface area contributed by atoms with Crippen molar-refractivity contribution >= 4 is 0 Å². The van der Waals surface area contributed by atoms with Crippen molar-refractivity contribution in [1.82, 2.24) is 4.90 Å². The van der Waals surface area contributed by atoms with Gasteiger partial charge in [-0.15, -0.1) is 0 Å². The molecule has 100 valence electrons. The molecule has 2 saturated heterocycles. The predicted molar refractivity (Wildman–Crippen MR) is 68.0 cm³/mol. The molecule has 0 bridgehead atoms. The lowest BCUT2D eigenvalue weighted by atomic mass is 9.87. The van der Waals surface area contributed by atoms with Gasteiger partial charge in [0.15, 0.2) is 0 Å². The molecule has 2 N–H and O–H groups in total. The Morgan fingerprint density at radius 2 is 2.12 bits per heavy atom. The molecule has 4 nitrogen and oxygen atoms in total. The lowest BCUT2D eigenvalue weighted by Crippen LogP contribution is -2.65. The van der Waals surface area contributed by atoms with Gasteiger partial charge in [0.1, 0.15) is 0 Å². The molecule has 2 fully saturated rings. The highest BCUT2D eigenvalue weighted by Crippen LogP contribution is 2.35. The summed E-state index contributed by atoms with van der Waals surface area (Å²) in [6, 6.07) is 0.485. The Morgan fingerprint density at radius 1 is 1.35 bits per heavy atom. The number of ether oxygens (including phenoxy) is 2. The van der Waals surface area contributed by atoms with E-state index in [2.05, 4.69) is 25.7 Å². The van der Waals surface area contributed by atoms with E-state index in [0.29, 0.717) is 18.7 Å². The molecule has 4 unspecified atom stereocenters. The topological polar surface area (TPSA) is 47.7 Å². The van der Waals surface area contributed by atoms with Crippen LogP contribution in [0.5, 0.6) is 0 Å². The van der Waals surface area contributed by atoms with Crippen molar-refractivity contribution < 1.29 is 9.47 Å². The lowest BCUT2D eigenvalue weighted by Gasteiger charge is -2.50. The number of morpholine rings is 1.